The lowest BCUT2D eigenvalue weighted by molar-refractivity contribution is -0.155. The lowest BCUT2D eigenvalue weighted by Gasteiger charge is -2.45. The summed E-state index contributed by atoms with van der Waals surface area (Å²) >= 11 is 0. The number of nitrogens with two attached hydrogens (primary N) is 1. The largest absolute Gasteiger partial charge is 0.461 e. The van der Waals surface area contributed by atoms with Crippen LogP contribution in [0.2, 0.25) is 0 Å². The summed E-state index contributed by atoms with van der Waals surface area (Å²) in [5, 5.41) is 9.46. The molecule has 0 bridgehead atoms. The summed E-state index contributed by atoms with van der Waals surface area (Å²) in [5.74, 6) is -6.02. The molecule has 1 saturated carbocycles. The molecule has 1 aliphatic heterocycles. The zero-order valence-corrected chi connectivity index (χ0v) is 18.2. The number of pyridine rings is 1. The molecule has 32 heavy (non-hydrogen) atoms. The lowest BCUT2D eigenvalue weighted by Crippen LogP contribution is -2.62. The number of esters is 1. The fourth-order valence-electron chi connectivity index (χ4n) is 5.11. The van der Waals surface area contributed by atoms with Gasteiger partial charge in [-0.3, -0.25) is 9.78 Å². The number of allylic oxidation sites excluding steroid dienone is 1. The fourth-order valence-corrected chi connectivity index (χ4v) is 5.11. The average molecular weight is 437 g/mol. The van der Waals surface area contributed by atoms with E-state index in [1.54, 1.807) is 31.3 Å². The van der Waals surface area contributed by atoms with Crippen molar-refractivity contribution in [2.24, 2.45) is 23.5 Å². The third kappa shape index (κ3) is 3.49. The number of alkyl halides is 2. The van der Waals surface area contributed by atoms with Crippen LogP contribution < -0.4 is 5.73 Å². The number of ether oxygens (including phenoxy) is 1. The van der Waals surface area contributed by atoms with E-state index in [0.717, 1.165) is 16.7 Å². The molecular formula is C25H25F2N3O2. The van der Waals surface area contributed by atoms with Gasteiger partial charge in [-0.2, -0.15) is 5.26 Å². The number of halogens is 2. The van der Waals surface area contributed by atoms with Crippen molar-refractivity contribution in [3.63, 3.8) is 0 Å². The van der Waals surface area contributed by atoms with Crippen molar-refractivity contribution in [3.05, 3.63) is 59.4 Å². The average Bonchev–Trinajstić information content (AvgIpc) is 2.96. The molecule has 2 fully saturated rings. The molecule has 1 aromatic heterocycles. The molecule has 0 spiro atoms. The van der Waals surface area contributed by atoms with Crippen LogP contribution in [0.4, 0.5) is 8.78 Å². The Kier molecular flexibility index (Phi) is 5.38. The molecule has 2 N–H and O–H groups in total. The van der Waals surface area contributed by atoms with Crippen LogP contribution in [0.25, 0.3) is 17.2 Å². The molecule has 166 valence electrons. The van der Waals surface area contributed by atoms with Crippen molar-refractivity contribution in [3.8, 4) is 17.2 Å². The van der Waals surface area contributed by atoms with Gasteiger partial charge in [-0.25, -0.2) is 8.78 Å². The van der Waals surface area contributed by atoms with Crippen LogP contribution in [0, 0.1) is 36.0 Å². The molecule has 1 unspecified atom stereocenters. The van der Waals surface area contributed by atoms with E-state index >= 15 is 0 Å². The van der Waals surface area contributed by atoms with E-state index < -0.39 is 47.7 Å². The fraction of sp³-hybridized carbons (Fsp3) is 0.400. The second-order valence-corrected chi connectivity index (χ2v) is 8.92. The maximum absolute atomic E-state index is 14.7. The zero-order chi connectivity index (χ0) is 23.3. The molecule has 2 heterocycles. The highest BCUT2D eigenvalue weighted by Gasteiger charge is 2.66. The predicted molar refractivity (Wildman–Crippen MR) is 116 cm³/mol. The number of benzene rings is 1. The summed E-state index contributed by atoms with van der Waals surface area (Å²) in [6, 6.07) is 11.5. The van der Waals surface area contributed by atoms with Gasteiger partial charge in [0.2, 0.25) is 0 Å². The Morgan fingerprint density at radius 3 is 2.69 bits per heavy atom. The molecule has 2 aliphatic rings. The van der Waals surface area contributed by atoms with Crippen molar-refractivity contribution >= 4 is 12.0 Å². The molecule has 0 radical (unpaired) electrons. The van der Waals surface area contributed by atoms with Crippen LogP contribution in [-0.2, 0) is 9.53 Å². The van der Waals surface area contributed by atoms with Gasteiger partial charge >= 0.3 is 5.97 Å². The summed E-state index contributed by atoms with van der Waals surface area (Å²) in [6.07, 6.45) is 3.78. The Bertz CT molecular complexity index is 1120. The Morgan fingerprint density at radius 2 is 2.03 bits per heavy atom. The number of carbonyl (C=O) groups is 1. The van der Waals surface area contributed by atoms with Crippen molar-refractivity contribution in [2.45, 2.75) is 44.8 Å². The Morgan fingerprint density at radius 1 is 1.28 bits per heavy atom. The molecular weight excluding hydrogens is 412 g/mol. The normalized spacial score (nSPS) is 31.2. The molecule has 2 aromatic rings. The molecule has 5 nitrogen and oxygen atoms in total. The van der Waals surface area contributed by atoms with Crippen molar-refractivity contribution in [2.75, 3.05) is 0 Å². The summed E-state index contributed by atoms with van der Waals surface area (Å²) in [7, 11) is 0. The van der Waals surface area contributed by atoms with E-state index in [1.807, 2.05) is 31.2 Å². The van der Waals surface area contributed by atoms with Crippen molar-refractivity contribution < 1.29 is 18.3 Å². The summed E-state index contributed by atoms with van der Waals surface area (Å²) in [5.41, 5.74) is 8.14. The number of rotatable bonds is 3. The molecule has 4 rings (SSSR count). The number of hydrogen-bond donors (Lipinski definition) is 1. The highest BCUT2D eigenvalue weighted by Crippen LogP contribution is 2.53. The van der Waals surface area contributed by atoms with E-state index in [2.05, 4.69) is 11.1 Å². The number of fused-ring (bicyclic) bond motifs is 1. The van der Waals surface area contributed by atoms with Gasteiger partial charge in [0.25, 0.3) is 5.92 Å². The number of nitrogens with zero attached hydrogens (tertiary/aromatic N) is 2. The first-order chi connectivity index (χ1) is 15.1. The van der Waals surface area contributed by atoms with Gasteiger partial charge in [-0.15, -0.1) is 0 Å². The maximum atomic E-state index is 14.7. The molecule has 5 atom stereocenters. The lowest BCUT2D eigenvalue weighted by atomic mass is 9.61. The minimum Gasteiger partial charge on any atom is -0.461 e. The molecule has 1 aliphatic carbocycles. The number of carbonyl (C=O) groups excluding carboxylic acids is 1. The van der Waals surface area contributed by atoms with Gasteiger partial charge in [-0.05, 0) is 37.5 Å². The van der Waals surface area contributed by atoms with Gasteiger partial charge in [0.05, 0.1) is 11.3 Å². The van der Waals surface area contributed by atoms with Crippen LogP contribution >= 0.6 is 0 Å². The van der Waals surface area contributed by atoms with Crippen LogP contribution in [0.5, 0.6) is 0 Å². The first-order valence-corrected chi connectivity index (χ1v) is 10.6. The highest BCUT2D eigenvalue weighted by molar-refractivity contribution is 5.84. The van der Waals surface area contributed by atoms with E-state index in [-0.39, 0.29) is 0 Å². The first-order valence-electron chi connectivity index (χ1n) is 10.6. The van der Waals surface area contributed by atoms with Gasteiger partial charge in [0, 0.05) is 35.6 Å². The standard InChI is InChI=1S/C25H25F2N3O2/c1-14-5-4-6-20(21(14)11-28)17-7-8-18(30-12-17)9-10-19-15(2)25(26,27)13-24(29)22(19)16(3)32-23(24)31/h4-10,12,15-16,19,22H,13,29H2,1-3H3/b10-9+/t15-,16+,19-,22?,24-/m0/s1. The Balaban J connectivity index is 1.63. The number of aryl methyl sites for hydroxylation is 1. The third-order valence-electron chi connectivity index (χ3n) is 6.93. The SMILES string of the molecule is Cc1cccc(-c2ccc(/C=C/[C@@H]3C4[C@@H](C)OC(=O)[C@]4(N)CC(F)(F)[C@H]3C)nc2)c1C#N. The Labute approximate surface area is 185 Å². The molecule has 1 aromatic carbocycles. The summed E-state index contributed by atoms with van der Waals surface area (Å²) in [4.78, 5) is 16.7. The van der Waals surface area contributed by atoms with Gasteiger partial charge < -0.3 is 10.5 Å². The van der Waals surface area contributed by atoms with E-state index in [4.69, 9.17) is 10.5 Å². The topological polar surface area (TPSA) is 89.0 Å². The summed E-state index contributed by atoms with van der Waals surface area (Å²) in [6.45, 7) is 5.07. The second kappa shape index (κ2) is 7.79. The minimum absolute atomic E-state index is 0.536. The van der Waals surface area contributed by atoms with Crippen LogP contribution in [0.1, 0.15) is 37.1 Å². The van der Waals surface area contributed by atoms with Gasteiger partial charge in [-0.1, -0.05) is 37.3 Å². The third-order valence-corrected chi connectivity index (χ3v) is 6.93. The molecule has 7 heteroatoms. The van der Waals surface area contributed by atoms with Crippen molar-refractivity contribution in [1.82, 2.24) is 4.98 Å². The molecule has 0 amide bonds. The number of hydrogen-bond acceptors (Lipinski definition) is 5. The number of cyclic esters (lactones) is 1. The smallest absolute Gasteiger partial charge is 0.327 e. The Hall–Kier alpha value is -3.11. The number of nitriles is 1. The second-order valence-electron chi connectivity index (χ2n) is 8.92. The van der Waals surface area contributed by atoms with Gasteiger partial charge in [0.15, 0.2) is 0 Å². The monoisotopic (exact) mass is 437 g/mol. The summed E-state index contributed by atoms with van der Waals surface area (Å²) < 4.78 is 34.7. The first kappa shape index (κ1) is 22.1. The van der Waals surface area contributed by atoms with Gasteiger partial charge in [0.1, 0.15) is 17.7 Å². The van der Waals surface area contributed by atoms with E-state index in [0.29, 0.717) is 11.3 Å². The predicted octanol–water partition coefficient (Wildman–Crippen LogP) is 4.49. The molecule has 1 saturated heterocycles. The van der Waals surface area contributed by atoms with Crippen LogP contribution in [0.3, 0.4) is 0 Å². The van der Waals surface area contributed by atoms with Crippen LogP contribution in [0.15, 0.2) is 42.6 Å². The van der Waals surface area contributed by atoms with Crippen LogP contribution in [-0.4, -0.2) is 28.5 Å². The number of aromatic nitrogens is 1. The zero-order valence-electron chi connectivity index (χ0n) is 18.2. The quantitative estimate of drug-likeness (QED) is 0.715. The highest BCUT2D eigenvalue weighted by atomic mass is 19.3. The van der Waals surface area contributed by atoms with E-state index in [1.165, 1.54) is 6.92 Å². The van der Waals surface area contributed by atoms with Crippen molar-refractivity contribution in [1.29, 1.82) is 5.26 Å². The minimum atomic E-state index is -3.08. The van der Waals surface area contributed by atoms with E-state index in [9.17, 15) is 18.8 Å². The maximum Gasteiger partial charge on any atom is 0.327 e.